The summed E-state index contributed by atoms with van der Waals surface area (Å²) in [4.78, 5) is 24.2. The van der Waals surface area contributed by atoms with Gasteiger partial charge in [0.05, 0.1) is 6.04 Å². The molecule has 1 fully saturated rings. The molecular weight excluding hydrogens is 444 g/mol. The van der Waals surface area contributed by atoms with Crippen LogP contribution in [0.15, 0.2) is 29.4 Å². The van der Waals surface area contributed by atoms with E-state index in [1.807, 2.05) is 38.3 Å². The van der Waals surface area contributed by atoms with Gasteiger partial charge in [0.15, 0.2) is 0 Å². The molecule has 3 heterocycles. The number of benzene rings is 1. The van der Waals surface area contributed by atoms with Gasteiger partial charge in [-0.2, -0.15) is 4.98 Å². The Bertz CT molecular complexity index is 1110. The number of carbonyl (C=O) groups is 1. The second-order valence-corrected chi connectivity index (χ2v) is 9.34. The molecule has 0 radical (unpaired) electrons. The van der Waals surface area contributed by atoms with Gasteiger partial charge in [-0.3, -0.25) is 9.69 Å². The third-order valence-corrected chi connectivity index (χ3v) is 7.03. The summed E-state index contributed by atoms with van der Waals surface area (Å²) in [6.07, 6.45) is 5.32. The quantitative estimate of drug-likeness (QED) is 0.499. The molecule has 1 unspecified atom stereocenters. The number of carbonyl (C=O) groups excluding carboxylic acids is 1. The number of nitrogens with zero attached hydrogens (tertiary/aromatic N) is 5. The third-order valence-electron chi connectivity index (χ3n) is 6.15. The van der Waals surface area contributed by atoms with Gasteiger partial charge in [0.25, 0.3) is 5.78 Å². The van der Waals surface area contributed by atoms with Crippen LogP contribution in [-0.4, -0.2) is 56.3 Å². The number of halogens is 1. The molecular formula is C23H29ClN6OS. The number of rotatable bonds is 8. The Balaban J connectivity index is 1.42. The SMILES string of the molecule is CSc1nc2nc(C)c(CCC(=O)NCC(c3ccccc3Cl)N3CCCC3)c(C)n2n1. The van der Waals surface area contributed by atoms with Gasteiger partial charge in [-0.15, -0.1) is 5.10 Å². The molecule has 7 nitrogen and oxygen atoms in total. The molecule has 0 bridgehead atoms. The van der Waals surface area contributed by atoms with Gasteiger partial charge in [0, 0.05) is 29.4 Å². The highest BCUT2D eigenvalue weighted by Gasteiger charge is 2.25. The minimum Gasteiger partial charge on any atom is -0.354 e. The van der Waals surface area contributed by atoms with Crippen molar-refractivity contribution in [2.24, 2.45) is 0 Å². The third kappa shape index (κ3) is 4.92. The standard InChI is InChI=1S/C23H29ClN6OS/c1-15-17(16(2)30-22(26-15)27-23(28-30)32-3)10-11-21(31)25-14-20(29-12-6-7-13-29)18-8-4-5-9-19(18)24/h4-5,8-9,20H,6-7,10-14H2,1-3H3,(H,25,31). The number of likely N-dealkylation sites (tertiary alicyclic amines) is 1. The van der Waals surface area contributed by atoms with E-state index < -0.39 is 0 Å². The first-order valence-electron chi connectivity index (χ1n) is 11.0. The van der Waals surface area contributed by atoms with Crippen LogP contribution in [0.5, 0.6) is 0 Å². The number of hydrogen-bond acceptors (Lipinski definition) is 6. The molecule has 170 valence electrons. The molecule has 1 atom stereocenters. The zero-order chi connectivity index (χ0) is 22.7. The summed E-state index contributed by atoms with van der Waals surface area (Å²) in [7, 11) is 0. The summed E-state index contributed by atoms with van der Waals surface area (Å²) < 4.78 is 1.77. The Morgan fingerprint density at radius 2 is 1.97 bits per heavy atom. The predicted octanol–water partition coefficient (Wildman–Crippen LogP) is 4.00. The summed E-state index contributed by atoms with van der Waals surface area (Å²) in [5, 5.41) is 9.09. The maximum atomic E-state index is 12.8. The molecule has 0 aliphatic carbocycles. The average molecular weight is 473 g/mol. The minimum absolute atomic E-state index is 0.0311. The topological polar surface area (TPSA) is 75.4 Å². The monoisotopic (exact) mass is 472 g/mol. The van der Waals surface area contributed by atoms with E-state index >= 15 is 0 Å². The fraction of sp³-hybridized carbons (Fsp3) is 0.478. The molecule has 1 N–H and O–H groups in total. The van der Waals surface area contributed by atoms with E-state index in [1.54, 1.807) is 4.52 Å². The van der Waals surface area contributed by atoms with Crippen LogP contribution in [-0.2, 0) is 11.2 Å². The van der Waals surface area contributed by atoms with Crippen LogP contribution < -0.4 is 5.32 Å². The first-order valence-corrected chi connectivity index (χ1v) is 12.6. The summed E-state index contributed by atoms with van der Waals surface area (Å²) in [5.41, 5.74) is 4.01. The average Bonchev–Trinajstić information content (AvgIpc) is 3.45. The fourth-order valence-electron chi connectivity index (χ4n) is 4.41. The predicted molar refractivity (Wildman–Crippen MR) is 128 cm³/mol. The van der Waals surface area contributed by atoms with Crippen molar-refractivity contribution < 1.29 is 4.79 Å². The second kappa shape index (κ2) is 10.2. The van der Waals surface area contributed by atoms with Crippen LogP contribution >= 0.6 is 23.4 Å². The number of nitrogens with one attached hydrogen (secondary N) is 1. The summed E-state index contributed by atoms with van der Waals surface area (Å²) in [6.45, 7) is 6.60. The lowest BCUT2D eigenvalue weighted by atomic mass is 10.0. The van der Waals surface area contributed by atoms with Gasteiger partial charge >= 0.3 is 0 Å². The van der Waals surface area contributed by atoms with Gasteiger partial charge in [0.1, 0.15) is 0 Å². The number of fused-ring (bicyclic) bond motifs is 1. The van der Waals surface area contributed by atoms with Gasteiger partial charge < -0.3 is 5.32 Å². The molecule has 1 aliphatic rings. The van der Waals surface area contributed by atoms with Crippen molar-refractivity contribution in [1.29, 1.82) is 0 Å². The van der Waals surface area contributed by atoms with Gasteiger partial charge in [-0.05, 0) is 69.6 Å². The highest BCUT2D eigenvalue weighted by atomic mass is 35.5. The van der Waals surface area contributed by atoms with Crippen LogP contribution in [0.1, 0.15) is 47.8 Å². The number of aromatic nitrogens is 4. The van der Waals surface area contributed by atoms with Crippen molar-refractivity contribution in [1.82, 2.24) is 29.8 Å². The Hall–Kier alpha value is -2.16. The molecule has 0 saturated carbocycles. The second-order valence-electron chi connectivity index (χ2n) is 8.16. The maximum absolute atomic E-state index is 12.8. The number of amides is 1. The van der Waals surface area contributed by atoms with Crippen molar-refractivity contribution in [2.75, 3.05) is 25.9 Å². The summed E-state index contributed by atoms with van der Waals surface area (Å²) in [6, 6.07) is 8.03. The van der Waals surface area contributed by atoms with Gasteiger partial charge in [-0.25, -0.2) is 9.50 Å². The summed E-state index contributed by atoms with van der Waals surface area (Å²) >= 11 is 7.98. The van der Waals surface area contributed by atoms with Gasteiger partial charge in [-0.1, -0.05) is 41.6 Å². The van der Waals surface area contributed by atoms with Crippen LogP contribution in [0.25, 0.3) is 5.78 Å². The van der Waals surface area contributed by atoms with Crippen molar-refractivity contribution >= 4 is 35.0 Å². The molecule has 4 rings (SSSR count). The lowest BCUT2D eigenvalue weighted by molar-refractivity contribution is -0.121. The van der Waals surface area contributed by atoms with E-state index in [0.29, 0.717) is 30.3 Å². The molecule has 1 aromatic carbocycles. The smallest absolute Gasteiger partial charge is 0.253 e. The molecule has 9 heteroatoms. The molecule has 1 aliphatic heterocycles. The molecule has 1 amide bonds. The minimum atomic E-state index is 0.0311. The zero-order valence-electron chi connectivity index (χ0n) is 18.8. The highest BCUT2D eigenvalue weighted by Crippen LogP contribution is 2.29. The Morgan fingerprint density at radius 1 is 1.22 bits per heavy atom. The van der Waals surface area contributed by atoms with Crippen molar-refractivity contribution in [2.45, 2.75) is 50.7 Å². The summed E-state index contributed by atoms with van der Waals surface area (Å²) in [5.74, 6) is 0.634. The normalized spacial score (nSPS) is 15.4. The molecule has 32 heavy (non-hydrogen) atoms. The van der Waals surface area contributed by atoms with Crippen LogP contribution in [0.4, 0.5) is 0 Å². The Labute approximate surface area is 198 Å². The highest BCUT2D eigenvalue weighted by molar-refractivity contribution is 7.98. The van der Waals surface area contributed by atoms with E-state index in [2.05, 4.69) is 31.3 Å². The Kier molecular flexibility index (Phi) is 7.33. The maximum Gasteiger partial charge on any atom is 0.253 e. The van der Waals surface area contributed by atoms with Crippen LogP contribution in [0, 0.1) is 13.8 Å². The zero-order valence-corrected chi connectivity index (χ0v) is 20.3. The van der Waals surface area contributed by atoms with E-state index in [-0.39, 0.29) is 11.9 Å². The number of thioether (sulfide) groups is 1. The van der Waals surface area contributed by atoms with Crippen LogP contribution in [0.3, 0.4) is 0 Å². The lowest BCUT2D eigenvalue weighted by Gasteiger charge is -2.29. The van der Waals surface area contributed by atoms with E-state index in [1.165, 1.54) is 24.6 Å². The number of aryl methyl sites for hydroxylation is 2. The molecule has 1 saturated heterocycles. The molecule has 3 aromatic rings. The fourth-order valence-corrected chi connectivity index (χ4v) is 5.01. The number of hydrogen-bond donors (Lipinski definition) is 1. The van der Waals surface area contributed by atoms with E-state index in [0.717, 1.165) is 40.6 Å². The van der Waals surface area contributed by atoms with Crippen molar-refractivity contribution in [3.8, 4) is 0 Å². The first-order chi connectivity index (χ1) is 15.5. The van der Waals surface area contributed by atoms with Crippen molar-refractivity contribution in [3.63, 3.8) is 0 Å². The van der Waals surface area contributed by atoms with Crippen LogP contribution in [0.2, 0.25) is 5.02 Å². The molecule has 2 aromatic heterocycles. The van der Waals surface area contributed by atoms with Crippen molar-refractivity contribution in [3.05, 3.63) is 51.8 Å². The molecule has 0 spiro atoms. The van der Waals surface area contributed by atoms with E-state index in [9.17, 15) is 4.79 Å². The van der Waals surface area contributed by atoms with Gasteiger partial charge in [0.2, 0.25) is 11.1 Å². The lowest BCUT2D eigenvalue weighted by Crippen LogP contribution is -2.37. The first kappa shape index (κ1) is 23.0. The van der Waals surface area contributed by atoms with E-state index in [4.69, 9.17) is 11.6 Å². The Morgan fingerprint density at radius 3 is 2.69 bits per heavy atom. The largest absolute Gasteiger partial charge is 0.354 e.